The highest BCUT2D eigenvalue weighted by Crippen LogP contribution is 2.32. The Morgan fingerprint density at radius 3 is 2.30 bits per heavy atom. The number of nitrogens with zero attached hydrogens (tertiary/aromatic N) is 1. The van der Waals surface area contributed by atoms with Crippen molar-refractivity contribution < 1.29 is 22.7 Å². The molecular formula is C24H15F3I2N2O2. The lowest BCUT2D eigenvalue weighted by atomic mass is 10.1. The lowest BCUT2D eigenvalue weighted by Gasteiger charge is -2.12. The maximum atomic E-state index is 12.9. The van der Waals surface area contributed by atoms with Gasteiger partial charge in [0.2, 0.25) is 0 Å². The van der Waals surface area contributed by atoms with Crippen molar-refractivity contribution in [1.82, 2.24) is 0 Å². The largest absolute Gasteiger partial charge is 0.487 e. The number of nitriles is 1. The first-order valence-corrected chi connectivity index (χ1v) is 11.6. The van der Waals surface area contributed by atoms with Crippen molar-refractivity contribution in [1.29, 1.82) is 5.26 Å². The van der Waals surface area contributed by atoms with Crippen LogP contribution >= 0.6 is 45.2 Å². The SMILES string of the molecule is N#C/C(=C/c1cc(I)c(OCc2ccccc2)c(I)c1)C(=O)Nc1cccc(C(F)(F)F)c1. The second-order valence-corrected chi connectivity index (χ2v) is 9.11. The molecule has 3 aromatic rings. The van der Waals surface area contributed by atoms with Crippen molar-refractivity contribution in [3.63, 3.8) is 0 Å². The number of hydrogen-bond donors (Lipinski definition) is 1. The van der Waals surface area contributed by atoms with Crippen molar-refractivity contribution in [2.24, 2.45) is 0 Å². The van der Waals surface area contributed by atoms with Gasteiger partial charge in [0.15, 0.2) is 0 Å². The fourth-order valence-electron chi connectivity index (χ4n) is 2.82. The minimum Gasteiger partial charge on any atom is -0.487 e. The number of amides is 1. The van der Waals surface area contributed by atoms with E-state index in [0.717, 1.165) is 24.8 Å². The molecule has 3 aromatic carbocycles. The van der Waals surface area contributed by atoms with E-state index in [9.17, 15) is 23.2 Å². The highest BCUT2D eigenvalue weighted by atomic mass is 127. The number of carbonyl (C=O) groups is 1. The van der Waals surface area contributed by atoms with E-state index in [0.29, 0.717) is 17.9 Å². The minimum absolute atomic E-state index is 0.0511. The van der Waals surface area contributed by atoms with E-state index in [1.54, 1.807) is 18.2 Å². The normalized spacial score (nSPS) is 11.6. The summed E-state index contributed by atoms with van der Waals surface area (Å²) in [6.45, 7) is 0.394. The van der Waals surface area contributed by atoms with Gasteiger partial charge < -0.3 is 10.1 Å². The summed E-state index contributed by atoms with van der Waals surface area (Å²) in [7, 11) is 0. The predicted molar refractivity (Wildman–Crippen MR) is 136 cm³/mol. The molecule has 9 heteroatoms. The summed E-state index contributed by atoms with van der Waals surface area (Å²) in [6.07, 6.45) is -3.15. The fraction of sp³-hybridized carbons (Fsp3) is 0.0833. The van der Waals surface area contributed by atoms with Crippen LogP contribution in [-0.2, 0) is 17.6 Å². The van der Waals surface area contributed by atoms with Gasteiger partial charge in [-0.05, 0) is 92.7 Å². The molecule has 0 atom stereocenters. The average Bonchev–Trinajstić information content (AvgIpc) is 2.77. The molecule has 0 saturated carbocycles. The van der Waals surface area contributed by atoms with Crippen molar-refractivity contribution in [2.75, 3.05) is 5.32 Å². The molecule has 0 aromatic heterocycles. The second-order valence-electron chi connectivity index (χ2n) is 6.79. The molecule has 3 rings (SSSR count). The summed E-state index contributed by atoms with van der Waals surface area (Å²) in [5, 5.41) is 11.8. The Kier molecular flexibility index (Phi) is 8.36. The van der Waals surface area contributed by atoms with Gasteiger partial charge in [0, 0.05) is 5.69 Å². The molecule has 1 amide bonds. The first kappa shape index (κ1) is 25.0. The Balaban J connectivity index is 1.78. The third-order valence-electron chi connectivity index (χ3n) is 4.37. The van der Waals surface area contributed by atoms with E-state index in [-0.39, 0.29) is 11.3 Å². The van der Waals surface area contributed by atoms with Crippen LogP contribution < -0.4 is 10.1 Å². The van der Waals surface area contributed by atoms with Crippen molar-refractivity contribution in [3.8, 4) is 11.8 Å². The molecule has 0 spiro atoms. The molecule has 0 aliphatic heterocycles. The predicted octanol–water partition coefficient (Wildman–Crippen LogP) is 7.04. The Morgan fingerprint density at radius 2 is 1.70 bits per heavy atom. The van der Waals surface area contributed by atoms with Crippen LogP contribution in [0.15, 0.2) is 72.3 Å². The fourth-order valence-corrected chi connectivity index (χ4v) is 4.95. The minimum atomic E-state index is -4.54. The number of hydrogen-bond acceptors (Lipinski definition) is 3. The summed E-state index contributed by atoms with van der Waals surface area (Å²) in [4.78, 5) is 12.5. The third kappa shape index (κ3) is 6.94. The summed E-state index contributed by atoms with van der Waals surface area (Å²) < 4.78 is 46.2. The average molecular weight is 674 g/mol. The third-order valence-corrected chi connectivity index (χ3v) is 5.97. The molecule has 0 radical (unpaired) electrons. The van der Waals surface area contributed by atoms with Crippen molar-refractivity contribution in [2.45, 2.75) is 12.8 Å². The summed E-state index contributed by atoms with van der Waals surface area (Å²) in [6, 6.07) is 19.3. The molecule has 33 heavy (non-hydrogen) atoms. The number of halogens is 5. The van der Waals surface area contributed by atoms with E-state index >= 15 is 0 Å². The molecule has 0 unspecified atom stereocenters. The number of anilines is 1. The van der Waals surface area contributed by atoms with Gasteiger partial charge in [-0.25, -0.2) is 0 Å². The van der Waals surface area contributed by atoms with Gasteiger partial charge in [-0.3, -0.25) is 4.79 Å². The molecule has 0 aliphatic carbocycles. The Labute approximate surface area is 215 Å². The van der Waals surface area contributed by atoms with E-state index in [1.807, 2.05) is 30.3 Å². The topological polar surface area (TPSA) is 62.1 Å². The van der Waals surface area contributed by atoms with Crippen LogP contribution in [0.1, 0.15) is 16.7 Å². The molecule has 1 N–H and O–H groups in total. The van der Waals surface area contributed by atoms with Crippen LogP contribution in [0.4, 0.5) is 18.9 Å². The molecule has 0 aliphatic rings. The molecule has 168 valence electrons. The quantitative estimate of drug-likeness (QED) is 0.174. The number of benzene rings is 3. The van der Waals surface area contributed by atoms with E-state index in [1.165, 1.54) is 18.2 Å². The summed E-state index contributed by atoms with van der Waals surface area (Å²) in [5.74, 6) is -0.115. The van der Waals surface area contributed by atoms with Crippen LogP contribution in [0.2, 0.25) is 0 Å². The van der Waals surface area contributed by atoms with Crippen LogP contribution in [0, 0.1) is 18.5 Å². The van der Waals surface area contributed by atoms with Crippen LogP contribution in [0.25, 0.3) is 6.08 Å². The first-order chi connectivity index (χ1) is 15.7. The number of alkyl halides is 3. The summed E-state index contributed by atoms with van der Waals surface area (Å²) >= 11 is 4.22. The van der Waals surface area contributed by atoms with Crippen LogP contribution in [0.3, 0.4) is 0 Å². The van der Waals surface area contributed by atoms with E-state index < -0.39 is 17.6 Å². The zero-order valence-corrected chi connectivity index (χ0v) is 21.1. The molecule has 0 saturated heterocycles. The van der Waals surface area contributed by atoms with Gasteiger partial charge in [-0.15, -0.1) is 0 Å². The lowest BCUT2D eigenvalue weighted by molar-refractivity contribution is -0.137. The second kappa shape index (κ2) is 11.0. The Hall–Kier alpha value is -2.59. The van der Waals surface area contributed by atoms with Crippen molar-refractivity contribution >= 4 is 62.9 Å². The van der Waals surface area contributed by atoms with Crippen LogP contribution in [0.5, 0.6) is 5.75 Å². The maximum absolute atomic E-state index is 12.9. The Bertz CT molecular complexity index is 1210. The number of ether oxygens (including phenoxy) is 1. The zero-order valence-electron chi connectivity index (χ0n) is 16.8. The molecule has 4 nitrogen and oxygen atoms in total. The Morgan fingerprint density at radius 1 is 1.03 bits per heavy atom. The lowest BCUT2D eigenvalue weighted by Crippen LogP contribution is -2.14. The molecule has 0 bridgehead atoms. The van der Waals surface area contributed by atoms with E-state index in [4.69, 9.17) is 4.74 Å². The standard InChI is InChI=1S/C24H15F3I2N2O2/c25-24(26,27)18-7-4-8-19(12-18)31-23(32)17(13-30)9-16-10-20(28)22(21(29)11-16)33-14-15-5-2-1-3-6-15/h1-12H,14H2,(H,31,32)/b17-9-. The first-order valence-electron chi connectivity index (χ1n) is 9.43. The van der Waals surface area contributed by atoms with Crippen LogP contribution in [-0.4, -0.2) is 5.91 Å². The monoisotopic (exact) mass is 674 g/mol. The smallest absolute Gasteiger partial charge is 0.416 e. The van der Waals surface area contributed by atoms with Gasteiger partial charge in [0.25, 0.3) is 5.91 Å². The molecule has 0 fully saturated rings. The van der Waals surface area contributed by atoms with E-state index in [2.05, 4.69) is 50.5 Å². The van der Waals surface area contributed by atoms with Gasteiger partial charge in [0.05, 0.1) is 12.7 Å². The number of nitrogens with one attached hydrogen (secondary N) is 1. The maximum Gasteiger partial charge on any atom is 0.416 e. The zero-order chi connectivity index (χ0) is 24.0. The molecule has 0 heterocycles. The van der Waals surface area contributed by atoms with Crippen molar-refractivity contribution in [3.05, 3.63) is 96.1 Å². The highest BCUT2D eigenvalue weighted by molar-refractivity contribution is 14.1. The molecular weight excluding hydrogens is 659 g/mol. The van der Waals surface area contributed by atoms with Gasteiger partial charge >= 0.3 is 6.18 Å². The number of carbonyl (C=O) groups excluding carboxylic acids is 1. The number of rotatable bonds is 6. The van der Waals surface area contributed by atoms with Gasteiger partial charge in [-0.1, -0.05) is 36.4 Å². The van der Waals surface area contributed by atoms with Gasteiger partial charge in [-0.2, -0.15) is 18.4 Å². The highest BCUT2D eigenvalue weighted by Gasteiger charge is 2.30. The van der Waals surface area contributed by atoms with Gasteiger partial charge in [0.1, 0.15) is 24.0 Å². The summed E-state index contributed by atoms with van der Waals surface area (Å²) in [5.41, 5.74) is 0.428.